The Morgan fingerprint density at radius 3 is 2.02 bits per heavy atom. The Morgan fingerprint density at radius 2 is 1.49 bits per heavy atom. The minimum absolute atomic E-state index is 0.0264. The third-order valence-electron chi connectivity index (χ3n) is 7.69. The molecule has 0 unspecified atom stereocenters. The van der Waals surface area contributed by atoms with E-state index in [-0.39, 0.29) is 38.7 Å². The van der Waals surface area contributed by atoms with Gasteiger partial charge in [-0.1, -0.05) is 29.8 Å². The average Bonchev–Trinajstić information content (AvgIpc) is 3.26. The van der Waals surface area contributed by atoms with Crippen LogP contribution in [-0.2, 0) is 7.05 Å². The molecule has 1 aromatic heterocycles. The summed E-state index contributed by atoms with van der Waals surface area (Å²) in [6.45, 7) is 8.95. The molecule has 0 radical (unpaired) electrons. The second-order valence-corrected chi connectivity index (χ2v) is 11.7. The summed E-state index contributed by atoms with van der Waals surface area (Å²) < 4.78 is 45.9. The quantitative estimate of drug-likeness (QED) is 0.278. The van der Waals surface area contributed by atoms with E-state index < -0.39 is 12.2 Å². The molecule has 0 bridgehead atoms. The van der Waals surface area contributed by atoms with Crippen molar-refractivity contribution in [3.63, 3.8) is 0 Å². The van der Waals surface area contributed by atoms with Gasteiger partial charge in [0.2, 0.25) is 0 Å². The van der Waals surface area contributed by atoms with E-state index in [0.29, 0.717) is 35.6 Å². The molecule has 2 heterocycles. The first-order valence-corrected chi connectivity index (χ1v) is 13.7. The maximum atomic E-state index is 15.0. The van der Waals surface area contributed by atoms with Crippen LogP contribution in [0, 0.1) is 5.82 Å². The number of alkyl halides is 2. The molecule has 0 aliphatic carbocycles. The number of piperazine rings is 1. The number of hydrogen-bond acceptors (Lipinski definition) is 4. The van der Waals surface area contributed by atoms with E-state index >= 15 is 0 Å². The molecular formula is C31H32ClF3N4O2. The lowest BCUT2D eigenvalue weighted by molar-refractivity contribution is 0.127. The molecule has 216 valence electrons. The van der Waals surface area contributed by atoms with E-state index in [4.69, 9.17) is 11.6 Å². The molecule has 0 amide bonds. The third-order valence-corrected chi connectivity index (χ3v) is 7.99. The van der Waals surface area contributed by atoms with Gasteiger partial charge >= 0.3 is 5.69 Å². The van der Waals surface area contributed by atoms with Crippen LogP contribution >= 0.6 is 11.6 Å². The summed E-state index contributed by atoms with van der Waals surface area (Å²) in [5.41, 5.74) is 1.62. The van der Waals surface area contributed by atoms with Crippen LogP contribution in [0.3, 0.4) is 0 Å². The highest BCUT2D eigenvalue weighted by Crippen LogP contribution is 2.43. The zero-order valence-electron chi connectivity index (χ0n) is 23.3. The van der Waals surface area contributed by atoms with Crippen LogP contribution in [0.2, 0.25) is 5.02 Å². The molecule has 5 rings (SSSR count). The number of imidazole rings is 1. The van der Waals surface area contributed by atoms with Gasteiger partial charge in [0.1, 0.15) is 11.6 Å². The first-order valence-electron chi connectivity index (χ1n) is 13.3. The molecule has 1 fully saturated rings. The summed E-state index contributed by atoms with van der Waals surface area (Å²) >= 11 is 6.51. The molecule has 0 atom stereocenters. The lowest BCUT2D eigenvalue weighted by Gasteiger charge is -2.43. The molecule has 0 spiro atoms. The number of halogens is 4. The van der Waals surface area contributed by atoms with E-state index in [0.717, 1.165) is 13.1 Å². The number of benzene rings is 3. The summed E-state index contributed by atoms with van der Waals surface area (Å²) in [5, 5.41) is 11.5. The zero-order chi connectivity index (χ0) is 29.6. The van der Waals surface area contributed by atoms with Gasteiger partial charge in [0.05, 0.1) is 10.7 Å². The van der Waals surface area contributed by atoms with Gasteiger partial charge in [-0.25, -0.2) is 18.0 Å². The highest BCUT2D eigenvalue weighted by molar-refractivity contribution is 6.32. The Bertz CT molecular complexity index is 1650. The van der Waals surface area contributed by atoms with Gasteiger partial charge in [0, 0.05) is 73.5 Å². The number of phenols is 1. The van der Waals surface area contributed by atoms with Crippen molar-refractivity contribution < 1.29 is 18.3 Å². The molecular weight excluding hydrogens is 553 g/mol. The van der Waals surface area contributed by atoms with Gasteiger partial charge in [-0.15, -0.1) is 0 Å². The molecule has 10 heteroatoms. The summed E-state index contributed by atoms with van der Waals surface area (Å²) in [5.74, 6) is -0.814. The minimum Gasteiger partial charge on any atom is -0.507 e. The summed E-state index contributed by atoms with van der Waals surface area (Å²) in [7, 11) is 1.62. The Morgan fingerprint density at radius 1 is 0.878 bits per heavy atom. The number of aryl methyl sites for hydroxylation is 1. The molecule has 1 N–H and O–H groups in total. The molecule has 1 aliphatic rings. The van der Waals surface area contributed by atoms with Crippen molar-refractivity contribution in [2.75, 3.05) is 31.1 Å². The topological polar surface area (TPSA) is 53.6 Å². The second-order valence-electron chi connectivity index (χ2n) is 11.3. The lowest BCUT2D eigenvalue weighted by atomic mass is 9.95. The molecule has 4 aromatic rings. The summed E-state index contributed by atoms with van der Waals surface area (Å²) in [4.78, 5) is 16.6. The number of anilines is 1. The van der Waals surface area contributed by atoms with Crippen molar-refractivity contribution in [3.05, 3.63) is 87.8 Å². The fraction of sp³-hybridized carbons (Fsp3) is 0.323. The fourth-order valence-corrected chi connectivity index (χ4v) is 5.62. The normalized spacial score (nSPS) is 14.7. The number of hydrogen-bond donors (Lipinski definition) is 1. The Kier molecular flexibility index (Phi) is 7.70. The van der Waals surface area contributed by atoms with Crippen molar-refractivity contribution in [1.29, 1.82) is 0 Å². The van der Waals surface area contributed by atoms with E-state index in [9.17, 15) is 23.1 Å². The molecule has 41 heavy (non-hydrogen) atoms. The number of rotatable bonds is 5. The maximum absolute atomic E-state index is 15.0. The first-order chi connectivity index (χ1) is 19.3. The number of phenolic OH excluding ortho intramolecular Hbond substituents is 1. The van der Waals surface area contributed by atoms with Crippen LogP contribution in [0.15, 0.2) is 65.7 Å². The van der Waals surface area contributed by atoms with E-state index in [1.54, 1.807) is 43.7 Å². The maximum Gasteiger partial charge on any atom is 0.332 e. The van der Waals surface area contributed by atoms with Crippen LogP contribution < -0.4 is 10.6 Å². The summed E-state index contributed by atoms with van der Waals surface area (Å²) in [6, 6.07) is 11.6. The van der Waals surface area contributed by atoms with E-state index in [1.165, 1.54) is 33.4 Å². The molecule has 0 saturated carbocycles. The van der Waals surface area contributed by atoms with Crippen LogP contribution in [-0.4, -0.2) is 50.9 Å². The van der Waals surface area contributed by atoms with Crippen molar-refractivity contribution in [1.82, 2.24) is 14.0 Å². The van der Waals surface area contributed by atoms with Gasteiger partial charge in [0.15, 0.2) is 0 Å². The monoisotopic (exact) mass is 584 g/mol. The Hall–Kier alpha value is -3.69. The molecule has 1 saturated heterocycles. The Balaban J connectivity index is 1.53. The van der Waals surface area contributed by atoms with Crippen molar-refractivity contribution in [2.24, 2.45) is 7.05 Å². The van der Waals surface area contributed by atoms with Gasteiger partial charge in [-0.3, -0.25) is 9.47 Å². The van der Waals surface area contributed by atoms with Crippen molar-refractivity contribution in [2.45, 2.75) is 32.7 Å². The van der Waals surface area contributed by atoms with E-state index in [1.807, 2.05) is 4.90 Å². The van der Waals surface area contributed by atoms with Gasteiger partial charge in [-0.05, 0) is 62.2 Å². The van der Waals surface area contributed by atoms with Crippen LogP contribution in [0.4, 0.5) is 18.9 Å². The lowest BCUT2D eigenvalue weighted by Crippen LogP contribution is -2.53. The van der Waals surface area contributed by atoms with Gasteiger partial charge in [-0.2, -0.15) is 0 Å². The predicted octanol–water partition coefficient (Wildman–Crippen LogP) is 6.87. The summed E-state index contributed by atoms with van der Waals surface area (Å²) in [6.07, 6.45) is 0.508. The number of aromatic hydroxyl groups is 1. The largest absolute Gasteiger partial charge is 0.507 e. The Labute approximate surface area is 241 Å². The van der Waals surface area contributed by atoms with Crippen LogP contribution in [0.5, 0.6) is 5.75 Å². The number of aromatic nitrogens is 2. The molecule has 3 aromatic carbocycles. The minimum atomic E-state index is -2.69. The smallest absolute Gasteiger partial charge is 0.332 e. The van der Waals surface area contributed by atoms with E-state index in [2.05, 4.69) is 25.7 Å². The molecule has 6 nitrogen and oxygen atoms in total. The average molecular weight is 585 g/mol. The van der Waals surface area contributed by atoms with Crippen LogP contribution in [0.1, 0.15) is 32.8 Å². The SMILES string of the molecule is Cn1ccn(-c2ccc(-c3cc(F)cc(-c4ccc(C(F)F)c(N5CCN(C(C)(C)C)CC5)c4)c3O)cc2Cl)c1=O. The van der Waals surface area contributed by atoms with Gasteiger partial charge < -0.3 is 14.6 Å². The highest BCUT2D eigenvalue weighted by Gasteiger charge is 2.28. The zero-order valence-corrected chi connectivity index (χ0v) is 24.1. The van der Waals surface area contributed by atoms with Crippen molar-refractivity contribution in [3.8, 4) is 33.7 Å². The standard InChI is InChI=1S/C31H32ClF3N4O2/c1-31(2,3)38-12-10-37(11-13-38)27-16-20(5-7-22(27)29(34)35)24-18-21(33)17-23(28(24)40)19-6-8-26(25(32)15-19)39-14-9-36(4)30(39)41/h5-9,14-18,29,40H,10-13H2,1-4H3. The van der Waals surface area contributed by atoms with Gasteiger partial charge in [0.25, 0.3) is 6.43 Å². The third kappa shape index (κ3) is 5.61. The highest BCUT2D eigenvalue weighted by atomic mass is 35.5. The van der Waals surface area contributed by atoms with Crippen molar-refractivity contribution >= 4 is 17.3 Å². The van der Waals surface area contributed by atoms with Crippen LogP contribution in [0.25, 0.3) is 27.9 Å². The number of nitrogens with zero attached hydrogens (tertiary/aromatic N) is 4. The fourth-order valence-electron chi connectivity index (χ4n) is 5.34. The second kappa shape index (κ2) is 10.9. The predicted molar refractivity (Wildman–Crippen MR) is 157 cm³/mol. The molecule has 1 aliphatic heterocycles. The first kappa shape index (κ1) is 28.8.